The zero-order chi connectivity index (χ0) is 12.5. The number of hydrogen-bond acceptors (Lipinski definition) is 3. The standard InChI is InChI=1S/C14H21NO2/c1-3-6-13(7-4-2)14(16)17-11-12-8-5-9-15-10-12/h5,8-10,13H,3-4,6-7,11H2,1-2H3. The molecule has 94 valence electrons. The number of carbonyl (C=O) groups excluding carboxylic acids is 1. The van der Waals surface area contributed by atoms with Crippen molar-refractivity contribution in [2.24, 2.45) is 5.92 Å². The molecule has 0 aliphatic heterocycles. The lowest BCUT2D eigenvalue weighted by Gasteiger charge is -2.14. The minimum absolute atomic E-state index is 0.0571. The van der Waals surface area contributed by atoms with E-state index >= 15 is 0 Å². The zero-order valence-electron chi connectivity index (χ0n) is 10.7. The van der Waals surface area contributed by atoms with Gasteiger partial charge in [-0.15, -0.1) is 0 Å². The van der Waals surface area contributed by atoms with Crippen molar-refractivity contribution in [2.45, 2.75) is 46.1 Å². The van der Waals surface area contributed by atoms with Gasteiger partial charge >= 0.3 is 5.97 Å². The number of pyridine rings is 1. The molecule has 0 saturated carbocycles. The Balaban J connectivity index is 2.41. The van der Waals surface area contributed by atoms with Crippen LogP contribution < -0.4 is 0 Å². The Bertz CT molecular complexity index is 318. The lowest BCUT2D eigenvalue weighted by atomic mass is 9.99. The van der Waals surface area contributed by atoms with Gasteiger partial charge in [0.05, 0.1) is 5.92 Å². The van der Waals surface area contributed by atoms with E-state index in [9.17, 15) is 4.79 Å². The van der Waals surface area contributed by atoms with Crippen LogP contribution >= 0.6 is 0 Å². The van der Waals surface area contributed by atoms with Crippen molar-refractivity contribution in [3.63, 3.8) is 0 Å². The highest BCUT2D eigenvalue weighted by atomic mass is 16.5. The van der Waals surface area contributed by atoms with E-state index in [0.29, 0.717) is 6.61 Å². The smallest absolute Gasteiger partial charge is 0.309 e. The molecule has 0 atom stereocenters. The molecule has 0 N–H and O–H groups in total. The summed E-state index contributed by atoms with van der Waals surface area (Å²) in [6, 6.07) is 3.76. The van der Waals surface area contributed by atoms with E-state index in [4.69, 9.17) is 4.74 Å². The SMILES string of the molecule is CCCC(CCC)C(=O)OCc1cccnc1. The van der Waals surface area contributed by atoms with Crippen molar-refractivity contribution < 1.29 is 9.53 Å². The van der Waals surface area contributed by atoms with E-state index in [0.717, 1.165) is 31.2 Å². The Morgan fingerprint density at radius 2 is 2.06 bits per heavy atom. The minimum atomic E-state index is -0.0717. The first-order valence-electron chi connectivity index (χ1n) is 6.33. The molecule has 1 aromatic rings. The summed E-state index contributed by atoms with van der Waals surface area (Å²) in [7, 11) is 0. The van der Waals surface area contributed by atoms with Gasteiger partial charge in [0.2, 0.25) is 0 Å². The normalized spacial score (nSPS) is 10.5. The van der Waals surface area contributed by atoms with Crippen LogP contribution in [0.2, 0.25) is 0 Å². The van der Waals surface area contributed by atoms with E-state index < -0.39 is 0 Å². The number of esters is 1. The van der Waals surface area contributed by atoms with Crippen molar-refractivity contribution in [3.8, 4) is 0 Å². The van der Waals surface area contributed by atoms with Gasteiger partial charge in [0.1, 0.15) is 6.61 Å². The third-order valence-electron chi connectivity index (χ3n) is 2.71. The van der Waals surface area contributed by atoms with Gasteiger partial charge in [-0.25, -0.2) is 0 Å². The number of ether oxygens (including phenoxy) is 1. The van der Waals surface area contributed by atoms with E-state index in [1.165, 1.54) is 0 Å². The Hall–Kier alpha value is -1.38. The van der Waals surface area contributed by atoms with Crippen LogP contribution in [0.15, 0.2) is 24.5 Å². The number of hydrogen-bond donors (Lipinski definition) is 0. The van der Waals surface area contributed by atoms with E-state index in [1.54, 1.807) is 12.4 Å². The Kier molecular flexibility index (Phi) is 6.30. The van der Waals surface area contributed by atoms with Crippen LogP contribution in [0.4, 0.5) is 0 Å². The van der Waals surface area contributed by atoms with Crippen LogP contribution in [0.1, 0.15) is 45.1 Å². The van der Waals surface area contributed by atoms with E-state index in [1.807, 2.05) is 12.1 Å². The topological polar surface area (TPSA) is 39.2 Å². The molecular weight excluding hydrogens is 214 g/mol. The maximum Gasteiger partial charge on any atom is 0.309 e. The van der Waals surface area contributed by atoms with Crippen molar-refractivity contribution >= 4 is 5.97 Å². The van der Waals surface area contributed by atoms with Gasteiger partial charge in [0.15, 0.2) is 0 Å². The molecule has 0 bridgehead atoms. The molecule has 1 aromatic heterocycles. The molecule has 0 spiro atoms. The lowest BCUT2D eigenvalue weighted by molar-refractivity contribution is -0.150. The second-order valence-electron chi connectivity index (χ2n) is 4.24. The van der Waals surface area contributed by atoms with Crippen LogP contribution in [0, 0.1) is 5.92 Å². The average Bonchev–Trinajstić information content (AvgIpc) is 2.37. The first kappa shape index (κ1) is 13.7. The molecule has 0 unspecified atom stereocenters. The molecule has 0 aliphatic rings. The fraction of sp³-hybridized carbons (Fsp3) is 0.571. The summed E-state index contributed by atoms with van der Waals surface area (Å²) in [4.78, 5) is 15.8. The predicted octanol–water partition coefficient (Wildman–Crippen LogP) is 3.34. The van der Waals surface area contributed by atoms with Crippen molar-refractivity contribution in [1.82, 2.24) is 4.98 Å². The first-order valence-corrected chi connectivity index (χ1v) is 6.33. The summed E-state index contributed by atoms with van der Waals surface area (Å²) in [6.07, 6.45) is 7.31. The molecule has 3 nitrogen and oxygen atoms in total. The largest absolute Gasteiger partial charge is 0.461 e. The number of nitrogens with zero attached hydrogens (tertiary/aromatic N) is 1. The van der Waals surface area contributed by atoms with Crippen LogP contribution in [-0.4, -0.2) is 11.0 Å². The van der Waals surface area contributed by atoms with Gasteiger partial charge in [-0.3, -0.25) is 9.78 Å². The second-order valence-corrected chi connectivity index (χ2v) is 4.24. The quantitative estimate of drug-likeness (QED) is 0.680. The molecule has 17 heavy (non-hydrogen) atoms. The molecule has 0 aliphatic carbocycles. The third-order valence-corrected chi connectivity index (χ3v) is 2.71. The maximum atomic E-state index is 11.9. The highest BCUT2D eigenvalue weighted by Crippen LogP contribution is 2.16. The molecule has 1 rings (SSSR count). The molecule has 1 heterocycles. The molecule has 0 aromatic carbocycles. The molecule has 0 amide bonds. The Morgan fingerprint density at radius 3 is 2.59 bits per heavy atom. The second kappa shape index (κ2) is 7.82. The van der Waals surface area contributed by atoms with Gasteiger partial charge in [-0.05, 0) is 18.9 Å². The zero-order valence-corrected chi connectivity index (χ0v) is 10.7. The highest BCUT2D eigenvalue weighted by Gasteiger charge is 2.17. The van der Waals surface area contributed by atoms with Crippen LogP contribution in [0.3, 0.4) is 0 Å². The maximum absolute atomic E-state index is 11.9. The summed E-state index contributed by atoms with van der Waals surface area (Å²) in [5.74, 6) is -0.0146. The van der Waals surface area contributed by atoms with Gasteiger partial charge < -0.3 is 4.74 Å². The fourth-order valence-corrected chi connectivity index (χ4v) is 1.83. The fourth-order valence-electron chi connectivity index (χ4n) is 1.83. The van der Waals surface area contributed by atoms with E-state index in [-0.39, 0.29) is 11.9 Å². The third kappa shape index (κ3) is 4.98. The summed E-state index contributed by atoms with van der Waals surface area (Å²) in [5, 5.41) is 0. The Morgan fingerprint density at radius 1 is 1.35 bits per heavy atom. The molecule has 3 heteroatoms. The summed E-state index contributed by atoms with van der Waals surface area (Å²) in [5.41, 5.74) is 0.938. The van der Waals surface area contributed by atoms with Gasteiger partial charge in [0.25, 0.3) is 0 Å². The molecule has 0 fully saturated rings. The number of rotatable bonds is 7. The Labute approximate surface area is 103 Å². The van der Waals surface area contributed by atoms with E-state index in [2.05, 4.69) is 18.8 Å². The first-order chi connectivity index (χ1) is 8.27. The van der Waals surface area contributed by atoms with Gasteiger partial charge in [-0.1, -0.05) is 32.8 Å². The van der Waals surface area contributed by atoms with Gasteiger partial charge in [-0.2, -0.15) is 0 Å². The highest BCUT2D eigenvalue weighted by molar-refractivity contribution is 5.72. The van der Waals surface area contributed by atoms with Crippen LogP contribution in [0.25, 0.3) is 0 Å². The van der Waals surface area contributed by atoms with Crippen molar-refractivity contribution in [2.75, 3.05) is 0 Å². The lowest BCUT2D eigenvalue weighted by Crippen LogP contribution is -2.17. The van der Waals surface area contributed by atoms with Gasteiger partial charge in [0, 0.05) is 18.0 Å². The predicted molar refractivity (Wildman–Crippen MR) is 67.3 cm³/mol. The molecule has 0 saturated heterocycles. The summed E-state index contributed by atoms with van der Waals surface area (Å²) >= 11 is 0. The minimum Gasteiger partial charge on any atom is -0.461 e. The summed E-state index contributed by atoms with van der Waals surface area (Å²) < 4.78 is 5.32. The number of aromatic nitrogens is 1. The average molecular weight is 235 g/mol. The van der Waals surface area contributed by atoms with Crippen molar-refractivity contribution in [1.29, 1.82) is 0 Å². The van der Waals surface area contributed by atoms with Crippen LogP contribution in [-0.2, 0) is 16.1 Å². The monoisotopic (exact) mass is 235 g/mol. The molecular formula is C14H21NO2. The van der Waals surface area contributed by atoms with Crippen molar-refractivity contribution in [3.05, 3.63) is 30.1 Å². The number of carbonyl (C=O) groups is 1. The summed E-state index contributed by atoms with van der Waals surface area (Å²) in [6.45, 7) is 4.52. The van der Waals surface area contributed by atoms with Crippen LogP contribution in [0.5, 0.6) is 0 Å². The molecule has 0 radical (unpaired) electrons.